The highest BCUT2D eigenvalue weighted by atomic mass is 16.3. The van der Waals surface area contributed by atoms with Gasteiger partial charge < -0.3 is 14.6 Å². The maximum absolute atomic E-state index is 12.7. The van der Waals surface area contributed by atoms with Gasteiger partial charge in [-0.3, -0.25) is 9.59 Å². The largest absolute Gasteiger partial charge is 0.396 e. The van der Waals surface area contributed by atoms with Crippen molar-refractivity contribution in [1.82, 2.24) is 9.47 Å². The number of allylic oxidation sites excluding steroid dienone is 2. The maximum atomic E-state index is 12.7. The van der Waals surface area contributed by atoms with Crippen LogP contribution in [0.2, 0.25) is 0 Å². The lowest BCUT2D eigenvalue weighted by molar-refractivity contribution is 0.0283. The van der Waals surface area contributed by atoms with Crippen LogP contribution in [0.4, 0.5) is 0 Å². The summed E-state index contributed by atoms with van der Waals surface area (Å²) < 4.78 is 1.42. The topological polar surface area (TPSA) is 62.5 Å². The summed E-state index contributed by atoms with van der Waals surface area (Å²) in [5.41, 5.74) is 0.830. The number of rotatable bonds is 4. The number of piperidine rings is 1. The van der Waals surface area contributed by atoms with Gasteiger partial charge in [-0.05, 0) is 45.2 Å². The molecule has 5 heteroatoms. The zero-order chi connectivity index (χ0) is 17.0. The van der Waals surface area contributed by atoms with Crippen molar-refractivity contribution < 1.29 is 9.90 Å². The maximum Gasteiger partial charge on any atom is 0.263 e. The Kier molecular flexibility index (Phi) is 5.42. The van der Waals surface area contributed by atoms with E-state index in [1.165, 1.54) is 10.1 Å². The lowest BCUT2D eigenvalue weighted by Crippen LogP contribution is -2.48. The number of aliphatic hydroxyl groups excluding tert-OH is 1. The van der Waals surface area contributed by atoms with E-state index in [0.717, 1.165) is 19.3 Å². The van der Waals surface area contributed by atoms with Crippen molar-refractivity contribution >= 4 is 5.91 Å². The number of aromatic nitrogens is 1. The molecule has 0 aliphatic carbocycles. The molecule has 2 rings (SSSR count). The van der Waals surface area contributed by atoms with Crippen molar-refractivity contribution in [3.63, 3.8) is 0 Å². The van der Waals surface area contributed by atoms with Gasteiger partial charge in [-0.2, -0.15) is 0 Å². The van der Waals surface area contributed by atoms with Crippen LogP contribution >= 0.6 is 0 Å². The molecule has 5 nitrogen and oxygen atoms in total. The fourth-order valence-corrected chi connectivity index (χ4v) is 3.09. The van der Waals surface area contributed by atoms with Gasteiger partial charge in [-0.1, -0.05) is 11.6 Å². The van der Waals surface area contributed by atoms with E-state index in [0.29, 0.717) is 13.1 Å². The minimum Gasteiger partial charge on any atom is -0.396 e. The van der Waals surface area contributed by atoms with E-state index in [9.17, 15) is 14.7 Å². The second-order valence-corrected chi connectivity index (χ2v) is 6.81. The van der Waals surface area contributed by atoms with E-state index < -0.39 is 0 Å². The van der Waals surface area contributed by atoms with Crippen molar-refractivity contribution in [1.29, 1.82) is 0 Å². The fraction of sp³-hybridized carbons (Fsp3) is 0.556. The Bertz CT molecular complexity index is 658. The average Bonchev–Trinajstić information content (AvgIpc) is 2.55. The predicted molar refractivity (Wildman–Crippen MR) is 90.4 cm³/mol. The SMILES string of the molecule is CC(C)=CC[C@]1(CO)CCCN(C(=O)c2cccn(C)c2=O)C1. The first kappa shape index (κ1) is 17.5. The molecular weight excluding hydrogens is 292 g/mol. The van der Waals surface area contributed by atoms with Crippen molar-refractivity contribution in [3.05, 3.63) is 45.9 Å². The van der Waals surface area contributed by atoms with Crippen molar-refractivity contribution in [2.75, 3.05) is 19.7 Å². The average molecular weight is 318 g/mol. The Labute approximate surface area is 137 Å². The normalized spacial score (nSPS) is 21.1. The summed E-state index contributed by atoms with van der Waals surface area (Å²) in [6, 6.07) is 3.29. The van der Waals surface area contributed by atoms with Crippen molar-refractivity contribution in [2.24, 2.45) is 12.5 Å². The van der Waals surface area contributed by atoms with Gasteiger partial charge >= 0.3 is 0 Å². The molecule has 1 amide bonds. The van der Waals surface area contributed by atoms with Crippen LogP contribution in [0.25, 0.3) is 0 Å². The summed E-state index contributed by atoms with van der Waals surface area (Å²) in [7, 11) is 1.64. The molecule has 23 heavy (non-hydrogen) atoms. The standard InChI is InChI=1S/C18H26N2O3/c1-14(2)7-9-18(13-21)8-5-11-20(12-18)17(23)15-6-4-10-19(3)16(15)22/h4,6-7,10,21H,5,8-9,11-13H2,1-3H3/t18-/m1/s1. The van der Waals surface area contributed by atoms with E-state index in [2.05, 4.69) is 6.08 Å². The van der Waals surface area contributed by atoms with Crippen LogP contribution < -0.4 is 5.56 Å². The molecule has 0 saturated carbocycles. The summed E-state index contributed by atoms with van der Waals surface area (Å²) in [5, 5.41) is 9.89. The zero-order valence-corrected chi connectivity index (χ0v) is 14.2. The monoisotopic (exact) mass is 318 g/mol. The van der Waals surface area contributed by atoms with E-state index in [4.69, 9.17) is 0 Å². The Morgan fingerprint density at radius 3 is 2.83 bits per heavy atom. The minimum absolute atomic E-state index is 0.0490. The highest BCUT2D eigenvalue weighted by molar-refractivity contribution is 5.93. The molecule has 1 aromatic rings. The number of carbonyl (C=O) groups is 1. The molecule has 126 valence electrons. The summed E-state index contributed by atoms with van der Waals surface area (Å²) in [6.45, 7) is 5.24. The molecule has 1 atom stereocenters. The van der Waals surface area contributed by atoms with Crippen LogP contribution in [0.15, 0.2) is 34.8 Å². The lowest BCUT2D eigenvalue weighted by atomic mass is 9.77. The second-order valence-electron chi connectivity index (χ2n) is 6.81. The quantitative estimate of drug-likeness (QED) is 0.863. The molecule has 1 saturated heterocycles. The molecule has 1 aliphatic rings. The van der Waals surface area contributed by atoms with Gasteiger partial charge in [0.15, 0.2) is 0 Å². The Hall–Kier alpha value is -1.88. The fourth-order valence-electron chi connectivity index (χ4n) is 3.09. The van der Waals surface area contributed by atoms with Crippen LogP contribution in [0.1, 0.15) is 43.5 Å². The number of carbonyl (C=O) groups excluding carboxylic acids is 1. The first-order valence-corrected chi connectivity index (χ1v) is 8.08. The first-order valence-electron chi connectivity index (χ1n) is 8.08. The first-order chi connectivity index (χ1) is 10.9. The summed E-state index contributed by atoms with van der Waals surface area (Å²) in [5.74, 6) is -0.235. The molecule has 0 radical (unpaired) electrons. The highest BCUT2D eigenvalue weighted by Crippen LogP contribution is 2.34. The van der Waals surface area contributed by atoms with Gasteiger partial charge in [-0.25, -0.2) is 0 Å². The Morgan fingerprint density at radius 2 is 2.17 bits per heavy atom. The lowest BCUT2D eigenvalue weighted by Gasteiger charge is -2.41. The van der Waals surface area contributed by atoms with Crippen molar-refractivity contribution in [2.45, 2.75) is 33.1 Å². The molecule has 1 fully saturated rings. The number of hydrogen-bond donors (Lipinski definition) is 1. The number of aliphatic hydroxyl groups is 1. The summed E-state index contributed by atoms with van der Waals surface area (Å²) >= 11 is 0. The van der Waals surface area contributed by atoms with Crippen LogP contribution in [0, 0.1) is 5.41 Å². The van der Waals surface area contributed by atoms with Crippen LogP contribution in [0.5, 0.6) is 0 Å². The smallest absolute Gasteiger partial charge is 0.263 e. The van der Waals surface area contributed by atoms with Gasteiger partial charge in [-0.15, -0.1) is 0 Å². The third-order valence-corrected chi connectivity index (χ3v) is 4.58. The molecule has 1 N–H and O–H groups in total. The molecule has 1 aliphatic heterocycles. The van der Waals surface area contributed by atoms with E-state index >= 15 is 0 Å². The number of hydrogen-bond acceptors (Lipinski definition) is 3. The minimum atomic E-state index is -0.300. The van der Waals surface area contributed by atoms with Gasteiger partial charge in [0.2, 0.25) is 0 Å². The molecule has 2 heterocycles. The molecule has 0 bridgehead atoms. The van der Waals surface area contributed by atoms with Crippen LogP contribution in [0.3, 0.4) is 0 Å². The molecule has 0 unspecified atom stereocenters. The number of likely N-dealkylation sites (tertiary alicyclic amines) is 1. The van der Waals surface area contributed by atoms with Crippen molar-refractivity contribution in [3.8, 4) is 0 Å². The number of aryl methyl sites for hydroxylation is 1. The van der Waals surface area contributed by atoms with Gasteiger partial charge in [0.1, 0.15) is 5.56 Å². The van der Waals surface area contributed by atoms with E-state index in [-0.39, 0.29) is 29.1 Å². The number of pyridine rings is 1. The van der Waals surface area contributed by atoms with Crippen LogP contribution in [-0.4, -0.2) is 40.2 Å². The van der Waals surface area contributed by atoms with E-state index in [1.54, 1.807) is 30.3 Å². The van der Waals surface area contributed by atoms with Gasteiger partial charge in [0.05, 0.1) is 6.61 Å². The number of amides is 1. The third kappa shape index (κ3) is 3.91. The van der Waals surface area contributed by atoms with E-state index in [1.807, 2.05) is 13.8 Å². The second kappa shape index (κ2) is 7.13. The molecular formula is C18H26N2O3. The Morgan fingerprint density at radius 1 is 1.43 bits per heavy atom. The summed E-state index contributed by atoms with van der Waals surface area (Å²) in [4.78, 5) is 26.6. The summed E-state index contributed by atoms with van der Waals surface area (Å²) in [6.07, 6.45) is 6.25. The highest BCUT2D eigenvalue weighted by Gasteiger charge is 2.36. The zero-order valence-electron chi connectivity index (χ0n) is 14.2. The van der Waals surface area contributed by atoms with Crippen LogP contribution in [-0.2, 0) is 7.05 Å². The molecule has 0 aromatic carbocycles. The predicted octanol–water partition coefficient (Wildman–Crippen LogP) is 1.96. The van der Waals surface area contributed by atoms with Gasteiger partial charge in [0, 0.05) is 31.7 Å². The third-order valence-electron chi connectivity index (χ3n) is 4.58. The Balaban J connectivity index is 2.23. The number of nitrogens with zero attached hydrogens (tertiary/aromatic N) is 2. The van der Waals surface area contributed by atoms with Gasteiger partial charge in [0.25, 0.3) is 11.5 Å². The molecule has 0 spiro atoms. The molecule has 1 aromatic heterocycles.